The Kier molecular flexibility index (Phi) is 6.90. The molecule has 1 heterocycles. The van der Waals surface area contributed by atoms with E-state index in [2.05, 4.69) is 27.7 Å². The van der Waals surface area contributed by atoms with E-state index in [9.17, 15) is 9.59 Å². The van der Waals surface area contributed by atoms with Crippen LogP contribution in [0.3, 0.4) is 0 Å². The molecule has 1 saturated carbocycles. The number of amides is 2. The Morgan fingerprint density at radius 2 is 1.39 bits per heavy atom. The van der Waals surface area contributed by atoms with Crippen LogP contribution < -0.4 is 10.6 Å². The van der Waals surface area contributed by atoms with E-state index in [1.165, 1.54) is 18.4 Å². The lowest BCUT2D eigenvalue weighted by Crippen LogP contribution is -2.41. The zero-order valence-corrected chi connectivity index (χ0v) is 18.3. The molecule has 0 radical (unpaired) electrons. The molecule has 0 atom stereocenters. The minimum Gasteiger partial charge on any atom is -0.379 e. The molecule has 7 heteroatoms. The predicted molar refractivity (Wildman–Crippen MR) is 121 cm³/mol. The van der Waals surface area contributed by atoms with Gasteiger partial charge in [-0.3, -0.25) is 14.5 Å². The van der Waals surface area contributed by atoms with Crippen molar-refractivity contribution in [1.82, 2.24) is 15.5 Å². The molecule has 4 rings (SSSR count). The number of carbonyl (C=O) groups excluding carboxylic acids is 2. The third-order valence-electron chi connectivity index (χ3n) is 6.05. The molecular formula is C24H28ClN3O3. The molecule has 6 nitrogen and oxygen atoms in total. The van der Waals surface area contributed by atoms with E-state index < -0.39 is 0 Å². The zero-order valence-electron chi connectivity index (χ0n) is 17.5. The Balaban J connectivity index is 1.23. The molecule has 0 unspecified atom stereocenters. The molecule has 0 aromatic heterocycles. The second kappa shape index (κ2) is 9.81. The number of halogens is 1. The Morgan fingerprint density at radius 1 is 0.871 bits per heavy atom. The Hall–Kier alpha value is -2.41. The molecule has 31 heavy (non-hydrogen) atoms. The van der Waals surface area contributed by atoms with Crippen molar-refractivity contribution in [2.24, 2.45) is 0 Å². The Morgan fingerprint density at radius 3 is 1.90 bits per heavy atom. The van der Waals surface area contributed by atoms with Crippen molar-refractivity contribution in [2.45, 2.75) is 18.3 Å². The number of nitrogens with one attached hydrogen (secondary N) is 2. The molecule has 2 aliphatic rings. The summed E-state index contributed by atoms with van der Waals surface area (Å²) in [4.78, 5) is 27.0. The van der Waals surface area contributed by atoms with Crippen LogP contribution in [0.2, 0.25) is 5.02 Å². The van der Waals surface area contributed by atoms with Crippen LogP contribution in [0.4, 0.5) is 0 Å². The molecule has 2 fully saturated rings. The summed E-state index contributed by atoms with van der Waals surface area (Å²) in [6.45, 7) is 5.41. The fraction of sp³-hybridized carbons (Fsp3) is 0.417. The lowest BCUT2D eigenvalue weighted by Gasteiger charge is -2.30. The first-order valence-electron chi connectivity index (χ1n) is 10.8. The lowest BCUT2D eigenvalue weighted by atomic mass is 9.94. The van der Waals surface area contributed by atoms with E-state index in [1.807, 2.05) is 12.1 Å². The summed E-state index contributed by atoms with van der Waals surface area (Å²) in [6.07, 6.45) is 2.40. The van der Waals surface area contributed by atoms with Gasteiger partial charge in [0.05, 0.1) is 13.2 Å². The molecule has 2 N–H and O–H groups in total. The molecule has 2 aromatic rings. The van der Waals surface area contributed by atoms with E-state index in [0.29, 0.717) is 29.2 Å². The number of hydrogen-bond donors (Lipinski definition) is 2. The smallest absolute Gasteiger partial charge is 0.251 e. The van der Waals surface area contributed by atoms with Gasteiger partial charge >= 0.3 is 0 Å². The van der Waals surface area contributed by atoms with Gasteiger partial charge in [-0.15, -0.1) is 0 Å². The van der Waals surface area contributed by atoms with E-state index >= 15 is 0 Å². The third kappa shape index (κ3) is 5.64. The topological polar surface area (TPSA) is 70.7 Å². The van der Waals surface area contributed by atoms with Crippen molar-refractivity contribution in [1.29, 1.82) is 0 Å². The maximum absolute atomic E-state index is 12.4. The Bertz CT molecular complexity index is 905. The van der Waals surface area contributed by atoms with Crippen LogP contribution in [0.5, 0.6) is 0 Å². The van der Waals surface area contributed by atoms with E-state index in [-0.39, 0.29) is 17.2 Å². The Labute approximate surface area is 187 Å². The van der Waals surface area contributed by atoms with E-state index in [0.717, 1.165) is 32.8 Å². The number of ether oxygens (including phenoxy) is 1. The summed E-state index contributed by atoms with van der Waals surface area (Å²) in [5, 5.41) is 6.24. The number of hydrogen-bond acceptors (Lipinski definition) is 4. The zero-order chi connectivity index (χ0) is 21.7. The quantitative estimate of drug-likeness (QED) is 0.618. The highest BCUT2D eigenvalue weighted by Gasteiger charge is 2.45. The summed E-state index contributed by atoms with van der Waals surface area (Å²) in [6, 6.07) is 14.7. The minimum atomic E-state index is -0.190. The van der Waals surface area contributed by atoms with Crippen molar-refractivity contribution >= 4 is 23.4 Å². The molecule has 1 aliphatic carbocycles. The van der Waals surface area contributed by atoms with Crippen LogP contribution in [0.15, 0.2) is 48.5 Å². The van der Waals surface area contributed by atoms with Crippen LogP contribution in [0.1, 0.15) is 39.1 Å². The van der Waals surface area contributed by atoms with Crippen molar-refractivity contribution in [3.63, 3.8) is 0 Å². The summed E-state index contributed by atoms with van der Waals surface area (Å²) in [7, 11) is 0. The highest BCUT2D eigenvalue weighted by atomic mass is 35.5. The van der Waals surface area contributed by atoms with Crippen LogP contribution >= 0.6 is 11.6 Å². The fourth-order valence-electron chi connectivity index (χ4n) is 4.01. The van der Waals surface area contributed by atoms with Gasteiger partial charge in [0.2, 0.25) is 0 Å². The average molecular weight is 442 g/mol. The fourth-order valence-corrected chi connectivity index (χ4v) is 4.13. The van der Waals surface area contributed by atoms with Crippen molar-refractivity contribution in [3.8, 4) is 0 Å². The monoisotopic (exact) mass is 441 g/mol. The molecule has 164 valence electrons. The molecule has 0 spiro atoms. The molecule has 1 aliphatic heterocycles. The number of carbonyl (C=O) groups is 2. The van der Waals surface area contributed by atoms with Crippen molar-refractivity contribution in [3.05, 3.63) is 70.2 Å². The summed E-state index contributed by atoms with van der Waals surface area (Å²) in [5.74, 6) is -0.324. The normalized spacial score (nSPS) is 17.7. The molecule has 1 saturated heterocycles. The number of rotatable bonds is 8. The largest absolute Gasteiger partial charge is 0.379 e. The van der Waals surface area contributed by atoms with Crippen molar-refractivity contribution in [2.75, 3.05) is 45.9 Å². The number of benzene rings is 2. The molecule has 2 aromatic carbocycles. The maximum Gasteiger partial charge on any atom is 0.251 e. The van der Waals surface area contributed by atoms with Gasteiger partial charge in [0, 0.05) is 54.3 Å². The first-order valence-corrected chi connectivity index (χ1v) is 11.2. The second-order valence-electron chi connectivity index (χ2n) is 8.26. The summed E-state index contributed by atoms with van der Waals surface area (Å²) in [5.41, 5.74) is 2.72. The van der Waals surface area contributed by atoms with Crippen LogP contribution in [-0.2, 0) is 10.2 Å². The lowest BCUT2D eigenvalue weighted by molar-refractivity contribution is 0.0335. The minimum absolute atomic E-state index is 0.134. The second-order valence-corrected chi connectivity index (χ2v) is 8.70. The molecule has 0 bridgehead atoms. The summed E-state index contributed by atoms with van der Waals surface area (Å²) >= 11 is 5.83. The van der Waals surface area contributed by atoms with Crippen LogP contribution in [0.25, 0.3) is 0 Å². The summed E-state index contributed by atoms with van der Waals surface area (Å²) < 4.78 is 5.45. The van der Waals surface area contributed by atoms with Gasteiger partial charge in [0.1, 0.15) is 0 Å². The third-order valence-corrected chi connectivity index (χ3v) is 6.30. The maximum atomic E-state index is 12.4. The van der Waals surface area contributed by atoms with Gasteiger partial charge in [-0.1, -0.05) is 23.7 Å². The highest BCUT2D eigenvalue weighted by Crippen LogP contribution is 2.48. The first kappa shape index (κ1) is 21.8. The number of nitrogens with zero attached hydrogens (tertiary/aromatic N) is 1. The van der Waals surface area contributed by atoms with E-state index in [4.69, 9.17) is 16.3 Å². The van der Waals surface area contributed by atoms with Crippen LogP contribution in [0, 0.1) is 0 Å². The van der Waals surface area contributed by atoms with Gasteiger partial charge in [0.25, 0.3) is 11.8 Å². The predicted octanol–water partition coefficient (Wildman–Crippen LogP) is 2.86. The standard InChI is InChI=1S/C24H28ClN3O3/c25-21-7-3-19(4-8-21)23(30)27-12-11-26-22(29)18-1-5-20(6-2-18)24(9-10-24)17-28-13-15-31-16-14-28/h1-8H,9-17H2,(H,26,29)(H,27,30). The SMILES string of the molecule is O=C(NCCNC(=O)c1ccc(C2(CN3CCOCC3)CC2)cc1)c1ccc(Cl)cc1. The van der Waals surface area contributed by atoms with Crippen LogP contribution in [-0.4, -0.2) is 62.7 Å². The number of morpholine rings is 1. The van der Waals surface area contributed by atoms with Crippen molar-refractivity contribution < 1.29 is 14.3 Å². The van der Waals surface area contributed by atoms with Gasteiger partial charge in [-0.2, -0.15) is 0 Å². The van der Waals surface area contributed by atoms with Gasteiger partial charge in [0.15, 0.2) is 0 Å². The molecule has 2 amide bonds. The highest BCUT2D eigenvalue weighted by molar-refractivity contribution is 6.30. The van der Waals surface area contributed by atoms with Gasteiger partial charge in [-0.25, -0.2) is 0 Å². The average Bonchev–Trinajstić information content (AvgIpc) is 3.58. The van der Waals surface area contributed by atoms with Gasteiger partial charge in [-0.05, 0) is 54.8 Å². The first-order chi connectivity index (χ1) is 15.1. The van der Waals surface area contributed by atoms with E-state index in [1.54, 1.807) is 24.3 Å². The van der Waals surface area contributed by atoms with Gasteiger partial charge < -0.3 is 15.4 Å². The molecular weight excluding hydrogens is 414 g/mol.